The predicted octanol–water partition coefficient (Wildman–Crippen LogP) is 1.60. The quantitative estimate of drug-likeness (QED) is 0.436. The molecule has 1 saturated heterocycles. The Kier molecular flexibility index (Phi) is 4.85. The second-order valence-corrected chi connectivity index (χ2v) is 5.60. The zero-order valence-electron chi connectivity index (χ0n) is 12.6. The molecule has 6 nitrogen and oxygen atoms in total. The fourth-order valence-electron chi connectivity index (χ4n) is 3.28. The van der Waals surface area contributed by atoms with Crippen molar-refractivity contribution >= 4 is 17.9 Å². The van der Waals surface area contributed by atoms with E-state index in [-0.39, 0.29) is 13.2 Å². The van der Waals surface area contributed by atoms with Crippen LogP contribution in [0.15, 0.2) is 0 Å². The molecule has 0 aromatic rings. The van der Waals surface area contributed by atoms with Crippen LogP contribution < -0.4 is 0 Å². The van der Waals surface area contributed by atoms with Gasteiger partial charge in [-0.05, 0) is 39.5 Å². The summed E-state index contributed by atoms with van der Waals surface area (Å²) in [6.45, 7) is 3.63. The molecule has 0 N–H and O–H groups in total. The fraction of sp³-hybridized carbons (Fsp3) is 0.800. The van der Waals surface area contributed by atoms with E-state index in [0.29, 0.717) is 6.42 Å². The smallest absolute Gasteiger partial charge is 0.321 e. The van der Waals surface area contributed by atoms with Crippen LogP contribution in [-0.4, -0.2) is 36.7 Å². The third kappa shape index (κ3) is 3.19. The van der Waals surface area contributed by atoms with Crippen molar-refractivity contribution in [2.45, 2.75) is 51.6 Å². The van der Waals surface area contributed by atoms with Crippen LogP contribution in [0.5, 0.6) is 0 Å². The molecule has 2 rings (SSSR count). The summed E-state index contributed by atoms with van der Waals surface area (Å²) in [5.74, 6) is -3.89. The van der Waals surface area contributed by atoms with E-state index in [2.05, 4.69) is 0 Å². The Morgan fingerprint density at radius 3 is 2.19 bits per heavy atom. The highest BCUT2D eigenvalue weighted by Crippen LogP contribution is 2.46. The van der Waals surface area contributed by atoms with Crippen molar-refractivity contribution in [2.24, 2.45) is 11.8 Å². The predicted molar refractivity (Wildman–Crippen MR) is 72.2 cm³/mol. The minimum Gasteiger partial charge on any atom is -0.465 e. The van der Waals surface area contributed by atoms with Crippen molar-refractivity contribution in [1.82, 2.24) is 0 Å². The molecule has 118 valence electrons. The average molecular weight is 298 g/mol. The fourth-order valence-corrected chi connectivity index (χ4v) is 3.28. The zero-order chi connectivity index (χ0) is 15.5. The second kappa shape index (κ2) is 6.45. The molecule has 2 fully saturated rings. The standard InChI is InChI=1S/C15H22O6/c1-3-19-13(17)11(14(18)20-4-2)10-9-15(21-12(10)16)7-5-6-8-15/h10-11H,3-9H2,1-2H3. The first kappa shape index (κ1) is 15.8. The number of esters is 3. The van der Waals surface area contributed by atoms with Gasteiger partial charge in [0, 0.05) is 6.42 Å². The Hall–Kier alpha value is -1.59. The molecule has 2 aliphatic rings. The van der Waals surface area contributed by atoms with Crippen LogP contribution in [0.25, 0.3) is 0 Å². The molecule has 0 aromatic heterocycles. The Labute approximate surface area is 124 Å². The molecule has 1 aliphatic carbocycles. The summed E-state index contributed by atoms with van der Waals surface area (Å²) in [5.41, 5.74) is -0.487. The van der Waals surface area contributed by atoms with Crippen molar-refractivity contribution in [3.8, 4) is 0 Å². The van der Waals surface area contributed by atoms with Gasteiger partial charge in [0.25, 0.3) is 0 Å². The molecule has 1 heterocycles. The molecule has 1 atom stereocenters. The number of carbonyl (C=O) groups excluding carboxylic acids is 3. The third-order valence-electron chi connectivity index (χ3n) is 4.21. The summed E-state index contributed by atoms with van der Waals surface area (Å²) in [6, 6.07) is 0. The van der Waals surface area contributed by atoms with Gasteiger partial charge in [0.1, 0.15) is 5.60 Å². The molecule has 1 saturated carbocycles. The van der Waals surface area contributed by atoms with E-state index in [0.717, 1.165) is 25.7 Å². The van der Waals surface area contributed by atoms with Gasteiger partial charge < -0.3 is 14.2 Å². The summed E-state index contributed by atoms with van der Waals surface area (Å²) in [7, 11) is 0. The number of carbonyl (C=O) groups is 3. The van der Waals surface area contributed by atoms with Crippen LogP contribution >= 0.6 is 0 Å². The highest BCUT2D eigenvalue weighted by molar-refractivity contribution is 5.99. The summed E-state index contributed by atoms with van der Waals surface area (Å²) >= 11 is 0. The zero-order valence-corrected chi connectivity index (χ0v) is 12.6. The van der Waals surface area contributed by atoms with E-state index < -0.39 is 35.3 Å². The minimum absolute atomic E-state index is 0.154. The van der Waals surface area contributed by atoms with Gasteiger partial charge in [-0.3, -0.25) is 14.4 Å². The van der Waals surface area contributed by atoms with Gasteiger partial charge in [0.15, 0.2) is 5.92 Å². The molecule has 0 bridgehead atoms. The van der Waals surface area contributed by atoms with Gasteiger partial charge in [-0.2, -0.15) is 0 Å². The van der Waals surface area contributed by atoms with Gasteiger partial charge >= 0.3 is 17.9 Å². The molecular formula is C15H22O6. The molecular weight excluding hydrogens is 276 g/mol. The molecule has 1 spiro atoms. The highest BCUT2D eigenvalue weighted by Gasteiger charge is 2.54. The topological polar surface area (TPSA) is 78.9 Å². The maximum atomic E-state index is 12.2. The Morgan fingerprint density at radius 1 is 1.19 bits per heavy atom. The van der Waals surface area contributed by atoms with Crippen molar-refractivity contribution in [2.75, 3.05) is 13.2 Å². The van der Waals surface area contributed by atoms with Gasteiger partial charge in [0.2, 0.25) is 0 Å². The molecule has 1 aliphatic heterocycles. The molecule has 0 aromatic carbocycles. The number of rotatable bonds is 5. The number of hydrogen-bond donors (Lipinski definition) is 0. The monoisotopic (exact) mass is 298 g/mol. The Balaban J connectivity index is 2.18. The summed E-state index contributed by atoms with van der Waals surface area (Å²) in [6.07, 6.45) is 4.00. The number of ether oxygens (including phenoxy) is 3. The van der Waals surface area contributed by atoms with Crippen LogP contribution in [0.4, 0.5) is 0 Å². The van der Waals surface area contributed by atoms with E-state index >= 15 is 0 Å². The lowest BCUT2D eigenvalue weighted by molar-refractivity contribution is -0.168. The maximum absolute atomic E-state index is 12.2. The average Bonchev–Trinajstić information content (AvgIpc) is 2.99. The first-order chi connectivity index (χ1) is 10.0. The molecule has 1 unspecified atom stereocenters. The van der Waals surface area contributed by atoms with E-state index in [1.165, 1.54) is 0 Å². The van der Waals surface area contributed by atoms with Crippen molar-refractivity contribution < 1.29 is 28.6 Å². The Morgan fingerprint density at radius 2 is 1.71 bits per heavy atom. The summed E-state index contributed by atoms with van der Waals surface area (Å²) in [5, 5.41) is 0. The lowest BCUT2D eigenvalue weighted by Crippen LogP contribution is -2.36. The Bertz CT molecular complexity index is 406. The van der Waals surface area contributed by atoms with Crippen molar-refractivity contribution in [3.05, 3.63) is 0 Å². The molecule has 21 heavy (non-hydrogen) atoms. The summed E-state index contributed by atoms with van der Waals surface area (Å²) in [4.78, 5) is 36.3. The SMILES string of the molecule is CCOC(=O)C(C(=O)OCC)C1CC2(CCCC2)OC1=O. The molecule has 6 heteroatoms. The van der Waals surface area contributed by atoms with Crippen LogP contribution in [-0.2, 0) is 28.6 Å². The van der Waals surface area contributed by atoms with Crippen LogP contribution in [0.1, 0.15) is 46.0 Å². The van der Waals surface area contributed by atoms with Crippen molar-refractivity contribution in [3.63, 3.8) is 0 Å². The van der Waals surface area contributed by atoms with E-state index in [1.807, 2.05) is 0 Å². The lowest BCUT2D eigenvalue weighted by Gasteiger charge is -2.21. The maximum Gasteiger partial charge on any atom is 0.321 e. The van der Waals surface area contributed by atoms with Crippen LogP contribution in [0, 0.1) is 11.8 Å². The molecule has 0 radical (unpaired) electrons. The minimum atomic E-state index is -1.21. The van der Waals surface area contributed by atoms with Gasteiger partial charge in [0.05, 0.1) is 19.1 Å². The van der Waals surface area contributed by atoms with Gasteiger partial charge in [-0.1, -0.05) is 0 Å². The van der Waals surface area contributed by atoms with E-state index in [1.54, 1.807) is 13.8 Å². The highest BCUT2D eigenvalue weighted by atomic mass is 16.6. The van der Waals surface area contributed by atoms with E-state index in [9.17, 15) is 14.4 Å². The van der Waals surface area contributed by atoms with E-state index in [4.69, 9.17) is 14.2 Å². The second-order valence-electron chi connectivity index (χ2n) is 5.60. The third-order valence-corrected chi connectivity index (χ3v) is 4.21. The molecule has 0 amide bonds. The van der Waals surface area contributed by atoms with Gasteiger partial charge in [-0.25, -0.2) is 0 Å². The van der Waals surface area contributed by atoms with Crippen LogP contribution in [0.3, 0.4) is 0 Å². The first-order valence-electron chi connectivity index (χ1n) is 7.59. The largest absolute Gasteiger partial charge is 0.465 e. The van der Waals surface area contributed by atoms with Crippen LogP contribution in [0.2, 0.25) is 0 Å². The first-order valence-corrected chi connectivity index (χ1v) is 7.59. The normalized spacial score (nSPS) is 23.4. The lowest BCUT2D eigenvalue weighted by atomic mass is 9.84. The van der Waals surface area contributed by atoms with Crippen molar-refractivity contribution in [1.29, 1.82) is 0 Å². The number of hydrogen-bond acceptors (Lipinski definition) is 6. The van der Waals surface area contributed by atoms with Gasteiger partial charge in [-0.15, -0.1) is 0 Å². The summed E-state index contributed by atoms with van der Waals surface area (Å²) < 4.78 is 15.4.